The van der Waals surface area contributed by atoms with Gasteiger partial charge in [-0.05, 0) is 6.07 Å². The van der Waals surface area contributed by atoms with Gasteiger partial charge in [0.15, 0.2) is 5.69 Å². The van der Waals surface area contributed by atoms with Crippen LogP contribution in [0.15, 0.2) is 18.2 Å². The lowest BCUT2D eigenvalue weighted by atomic mass is 10.1. The minimum atomic E-state index is -0.695. The Hall–Kier alpha value is -1.93. The Balaban J connectivity index is 1.82. The summed E-state index contributed by atoms with van der Waals surface area (Å²) in [7, 11) is 0. The van der Waals surface area contributed by atoms with Crippen molar-refractivity contribution in [3.63, 3.8) is 0 Å². The van der Waals surface area contributed by atoms with Crippen molar-refractivity contribution >= 4 is 17.7 Å². The summed E-state index contributed by atoms with van der Waals surface area (Å²) in [5.41, 5.74) is 6.63. The molecule has 2 aromatic rings. The van der Waals surface area contributed by atoms with E-state index in [9.17, 15) is 9.18 Å². The molecule has 3 rings (SSSR count). The molecular weight excluding hydrogens is 305 g/mol. The van der Waals surface area contributed by atoms with Crippen molar-refractivity contribution in [3.05, 3.63) is 35.3 Å². The van der Waals surface area contributed by atoms with Crippen LogP contribution in [0.25, 0.3) is 11.3 Å². The van der Waals surface area contributed by atoms with E-state index in [0.717, 1.165) is 24.6 Å². The van der Waals surface area contributed by atoms with Gasteiger partial charge >= 0.3 is 0 Å². The quantitative estimate of drug-likeness (QED) is 0.885. The number of nitrogens with zero attached hydrogens (tertiary/aromatic N) is 3. The molecule has 0 spiro atoms. The van der Waals surface area contributed by atoms with E-state index in [0.29, 0.717) is 17.7 Å². The van der Waals surface area contributed by atoms with Crippen molar-refractivity contribution in [2.24, 2.45) is 5.73 Å². The minimum Gasteiger partial charge on any atom is -0.364 e. The molecule has 1 aromatic carbocycles. The van der Waals surface area contributed by atoms with Gasteiger partial charge in [-0.2, -0.15) is 27.2 Å². The number of carbonyl (C=O) groups is 1. The number of nitrogens with one attached hydrogen (secondary N) is 1. The van der Waals surface area contributed by atoms with Gasteiger partial charge in [-0.25, -0.2) is 4.39 Å². The van der Waals surface area contributed by atoms with Crippen LogP contribution >= 0.6 is 11.8 Å². The second kappa shape index (κ2) is 6.45. The zero-order chi connectivity index (χ0) is 15.5. The van der Waals surface area contributed by atoms with Crippen LogP contribution < -0.4 is 5.73 Å². The molecule has 1 fully saturated rings. The predicted octanol–water partition coefficient (Wildman–Crippen LogP) is 1.26. The summed E-state index contributed by atoms with van der Waals surface area (Å²) in [4.78, 5) is 13.5. The van der Waals surface area contributed by atoms with Gasteiger partial charge in [-0.15, -0.1) is 0 Å². The van der Waals surface area contributed by atoms with Gasteiger partial charge in [0.05, 0.1) is 0 Å². The molecule has 1 aliphatic rings. The van der Waals surface area contributed by atoms with Crippen LogP contribution in [0, 0.1) is 5.82 Å². The third kappa shape index (κ3) is 3.12. The number of hydrogen-bond donors (Lipinski definition) is 2. The molecule has 0 saturated carbocycles. The van der Waals surface area contributed by atoms with E-state index in [4.69, 9.17) is 5.73 Å². The monoisotopic (exact) mass is 321 g/mol. The van der Waals surface area contributed by atoms with E-state index in [1.165, 1.54) is 6.07 Å². The highest BCUT2D eigenvalue weighted by Crippen LogP contribution is 2.23. The zero-order valence-electron chi connectivity index (χ0n) is 11.9. The molecule has 8 heteroatoms. The second-order valence-electron chi connectivity index (χ2n) is 5.08. The lowest BCUT2D eigenvalue weighted by Gasteiger charge is -2.26. The maximum absolute atomic E-state index is 14.3. The number of aromatic amines is 1. The van der Waals surface area contributed by atoms with Gasteiger partial charge < -0.3 is 5.73 Å². The molecule has 1 aromatic heterocycles. The first-order valence-corrected chi connectivity index (χ1v) is 8.10. The Morgan fingerprint density at radius 2 is 2.14 bits per heavy atom. The lowest BCUT2D eigenvalue weighted by Crippen LogP contribution is -2.32. The van der Waals surface area contributed by atoms with Gasteiger partial charge in [-0.3, -0.25) is 9.69 Å². The summed E-state index contributed by atoms with van der Waals surface area (Å²) >= 11 is 1.92. The molecule has 1 amide bonds. The molecule has 0 bridgehead atoms. The van der Waals surface area contributed by atoms with E-state index < -0.39 is 5.91 Å². The largest absolute Gasteiger partial charge is 0.364 e. The third-order valence-electron chi connectivity index (χ3n) is 3.61. The first-order chi connectivity index (χ1) is 10.6. The fourth-order valence-electron chi connectivity index (χ4n) is 2.43. The Morgan fingerprint density at radius 3 is 2.82 bits per heavy atom. The Kier molecular flexibility index (Phi) is 4.39. The van der Waals surface area contributed by atoms with E-state index >= 15 is 0 Å². The summed E-state index contributed by atoms with van der Waals surface area (Å²) in [5.74, 6) is 1.16. The molecule has 0 aliphatic carbocycles. The van der Waals surface area contributed by atoms with Crippen LogP contribution in [0.4, 0.5) is 4.39 Å². The van der Waals surface area contributed by atoms with Crippen LogP contribution in [0.2, 0.25) is 0 Å². The smallest absolute Gasteiger partial charge is 0.271 e. The highest BCUT2D eigenvalue weighted by atomic mass is 32.2. The van der Waals surface area contributed by atoms with Crippen molar-refractivity contribution in [2.45, 2.75) is 6.54 Å². The number of benzene rings is 1. The maximum Gasteiger partial charge on any atom is 0.271 e. The second-order valence-corrected chi connectivity index (χ2v) is 6.30. The van der Waals surface area contributed by atoms with Crippen molar-refractivity contribution in [1.29, 1.82) is 0 Å². The number of carbonyl (C=O) groups excluding carboxylic acids is 1. The molecule has 3 N–H and O–H groups in total. The van der Waals surface area contributed by atoms with Gasteiger partial charge in [0.2, 0.25) is 0 Å². The normalized spacial score (nSPS) is 15.9. The molecule has 1 aliphatic heterocycles. The van der Waals surface area contributed by atoms with Crippen molar-refractivity contribution in [2.75, 3.05) is 24.6 Å². The minimum absolute atomic E-state index is 0.0141. The highest BCUT2D eigenvalue weighted by Gasteiger charge is 2.18. The van der Waals surface area contributed by atoms with Crippen molar-refractivity contribution in [3.8, 4) is 11.3 Å². The molecule has 0 radical (unpaired) electrons. The number of amides is 1. The number of halogens is 1. The highest BCUT2D eigenvalue weighted by molar-refractivity contribution is 7.99. The maximum atomic E-state index is 14.3. The van der Waals surface area contributed by atoms with Gasteiger partial charge in [0.25, 0.3) is 5.91 Å². The summed E-state index contributed by atoms with van der Waals surface area (Å²) in [6.45, 7) is 2.54. The van der Waals surface area contributed by atoms with E-state index in [1.54, 1.807) is 12.1 Å². The Bertz CT molecular complexity index is 684. The third-order valence-corrected chi connectivity index (χ3v) is 4.55. The van der Waals surface area contributed by atoms with Crippen LogP contribution in [0.5, 0.6) is 0 Å². The van der Waals surface area contributed by atoms with E-state index in [-0.39, 0.29) is 17.2 Å². The predicted molar refractivity (Wildman–Crippen MR) is 82.9 cm³/mol. The van der Waals surface area contributed by atoms with Gasteiger partial charge in [0.1, 0.15) is 11.5 Å². The summed E-state index contributed by atoms with van der Waals surface area (Å²) < 4.78 is 14.3. The van der Waals surface area contributed by atoms with Crippen LogP contribution in [-0.2, 0) is 6.54 Å². The number of nitrogens with two attached hydrogens (primary N) is 1. The summed E-state index contributed by atoms with van der Waals surface area (Å²) in [5, 5.41) is 9.92. The standard InChI is InChI=1S/C14H16FN5OS/c15-11-7-9(12-13(14(16)21)18-19-17-12)1-2-10(11)8-20-3-5-22-6-4-20/h1-2,7H,3-6,8H2,(H2,16,21)(H,17,18,19). The lowest BCUT2D eigenvalue weighted by molar-refractivity contribution is 0.0996. The number of H-pyrrole nitrogens is 1. The molecule has 2 heterocycles. The van der Waals surface area contributed by atoms with Crippen molar-refractivity contribution < 1.29 is 9.18 Å². The molecule has 6 nitrogen and oxygen atoms in total. The number of hydrogen-bond acceptors (Lipinski definition) is 5. The van der Waals surface area contributed by atoms with Crippen molar-refractivity contribution in [1.82, 2.24) is 20.3 Å². The van der Waals surface area contributed by atoms with E-state index in [1.807, 2.05) is 11.8 Å². The molecular formula is C14H16FN5OS. The SMILES string of the molecule is NC(=O)c1n[nH]nc1-c1ccc(CN2CCSCC2)c(F)c1. The Labute approximate surface area is 131 Å². The number of rotatable bonds is 4. The average Bonchev–Trinajstić information content (AvgIpc) is 3.00. The Morgan fingerprint density at radius 1 is 1.36 bits per heavy atom. The number of aromatic nitrogens is 3. The van der Waals surface area contributed by atoms with Crippen LogP contribution in [0.3, 0.4) is 0 Å². The average molecular weight is 321 g/mol. The molecule has 22 heavy (non-hydrogen) atoms. The molecule has 1 saturated heterocycles. The van der Waals surface area contributed by atoms with Crippen LogP contribution in [-0.4, -0.2) is 50.8 Å². The topological polar surface area (TPSA) is 87.9 Å². The first-order valence-electron chi connectivity index (χ1n) is 6.94. The molecule has 0 atom stereocenters. The van der Waals surface area contributed by atoms with E-state index in [2.05, 4.69) is 20.3 Å². The summed E-state index contributed by atoms with van der Waals surface area (Å²) in [6.07, 6.45) is 0. The first kappa shape index (κ1) is 15.0. The van der Waals surface area contributed by atoms with Gasteiger partial charge in [0, 0.05) is 42.3 Å². The van der Waals surface area contributed by atoms with Gasteiger partial charge in [-0.1, -0.05) is 12.1 Å². The molecule has 0 unspecified atom stereocenters. The molecule has 116 valence electrons. The fraction of sp³-hybridized carbons (Fsp3) is 0.357. The summed E-state index contributed by atoms with van der Waals surface area (Å²) in [6, 6.07) is 4.84. The number of thioether (sulfide) groups is 1. The fourth-order valence-corrected chi connectivity index (χ4v) is 3.41. The van der Waals surface area contributed by atoms with Crippen LogP contribution in [0.1, 0.15) is 16.1 Å². The number of primary amides is 1. The zero-order valence-corrected chi connectivity index (χ0v) is 12.7.